The zero-order valence-corrected chi connectivity index (χ0v) is 19.2. The highest BCUT2D eigenvalue weighted by Crippen LogP contribution is 2.36. The van der Waals surface area contributed by atoms with Crippen LogP contribution < -0.4 is 20.2 Å². The Labute approximate surface area is 201 Å². The maximum atomic E-state index is 13.2. The molecule has 0 saturated carbocycles. The van der Waals surface area contributed by atoms with E-state index in [1.807, 2.05) is 54.6 Å². The number of hydrogen-bond acceptors (Lipinski definition) is 6. The van der Waals surface area contributed by atoms with Crippen molar-refractivity contribution in [3.63, 3.8) is 0 Å². The molecular weight excluding hydrogens is 444 g/mol. The molecule has 2 N–H and O–H groups in total. The van der Waals surface area contributed by atoms with E-state index in [1.165, 1.54) is 6.92 Å². The highest BCUT2D eigenvalue weighted by atomic mass is 16.7. The van der Waals surface area contributed by atoms with Gasteiger partial charge in [0.1, 0.15) is 0 Å². The summed E-state index contributed by atoms with van der Waals surface area (Å²) in [5.41, 5.74) is 7.27. The van der Waals surface area contributed by atoms with Crippen LogP contribution in [-0.4, -0.2) is 29.3 Å². The molecule has 174 valence electrons. The zero-order chi connectivity index (χ0) is 24.4. The molecule has 4 aromatic rings. The average molecular weight is 466 g/mol. The Morgan fingerprint density at radius 1 is 0.914 bits per heavy atom. The van der Waals surface area contributed by atoms with Gasteiger partial charge in [-0.3, -0.25) is 9.59 Å². The highest BCUT2D eigenvalue weighted by Gasteiger charge is 2.17. The van der Waals surface area contributed by atoms with Crippen LogP contribution in [0.1, 0.15) is 29.8 Å². The SMILES string of the molecule is CC(=O)Nc1cccc(/C(C)=N/NC(=O)c2cc(-c3ccc4c(c3)OCO4)nc3ccccc23)c1. The van der Waals surface area contributed by atoms with Crippen LogP contribution in [0, 0.1) is 0 Å². The Hall–Kier alpha value is -4.72. The predicted octanol–water partition coefficient (Wildman–Crippen LogP) is 4.74. The molecular formula is C27H22N4O4. The van der Waals surface area contributed by atoms with Crippen molar-refractivity contribution in [3.05, 3.63) is 83.9 Å². The van der Waals surface area contributed by atoms with E-state index in [9.17, 15) is 9.59 Å². The fourth-order valence-electron chi connectivity index (χ4n) is 3.85. The number of hydrazone groups is 1. The first-order chi connectivity index (χ1) is 17.0. The van der Waals surface area contributed by atoms with Crippen molar-refractivity contribution in [1.29, 1.82) is 0 Å². The van der Waals surface area contributed by atoms with E-state index in [4.69, 9.17) is 14.5 Å². The number of rotatable bonds is 5. The van der Waals surface area contributed by atoms with E-state index in [-0.39, 0.29) is 18.6 Å². The second-order valence-electron chi connectivity index (χ2n) is 8.04. The second-order valence-corrected chi connectivity index (χ2v) is 8.04. The number of benzene rings is 3. The molecule has 8 nitrogen and oxygen atoms in total. The summed E-state index contributed by atoms with van der Waals surface area (Å²) in [5.74, 6) is 0.806. The smallest absolute Gasteiger partial charge is 0.272 e. The molecule has 1 aliphatic heterocycles. The van der Waals surface area contributed by atoms with Gasteiger partial charge in [0.25, 0.3) is 5.91 Å². The maximum absolute atomic E-state index is 13.2. The van der Waals surface area contributed by atoms with Crippen molar-refractivity contribution >= 4 is 34.1 Å². The third kappa shape index (κ3) is 4.67. The quantitative estimate of drug-likeness (QED) is 0.327. The van der Waals surface area contributed by atoms with Gasteiger partial charge in [0.05, 0.1) is 22.5 Å². The van der Waals surface area contributed by atoms with Crippen LogP contribution in [0.2, 0.25) is 0 Å². The van der Waals surface area contributed by atoms with E-state index in [2.05, 4.69) is 15.8 Å². The van der Waals surface area contributed by atoms with Gasteiger partial charge in [0.15, 0.2) is 11.5 Å². The summed E-state index contributed by atoms with van der Waals surface area (Å²) < 4.78 is 10.9. The Morgan fingerprint density at radius 3 is 2.60 bits per heavy atom. The molecule has 0 bridgehead atoms. The Kier molecular flexibility index (Phi) is 5.85. The molecule has 2 amide bonds. The Bertz CT molecular complexity index is 1500. The molecule has 2 heterocycles. The molecule has 0 aliphatic carbocycles. The van der Waals surface area contributed by atoms with E-state index >= 15 is 0 Å². The van der Waals surface area contributed by atoms with Crippen LogP contribution in [0.5, 0.6) is 11.5 Å². The highest BCUT2D eigenvalue weighted by molar-refractivity contribution is 6.08. The summed E-state index contributed by atoms with van der Waals surface area (Å²) in [7, 11) is 0. The molecule has 0 saturated heterocycles. The maximum Gasteiger partial charge on any atom is 0.272 e. The number of aromatic nitrogens is 1. The molecule has 0 fully saturated rings. The van der Waals surface area contributed by atoms with Crippen molar-refractivity contribution in [2.24, 2.45) is 5.10 Å². The summed E-state index contributed by atoms with van der Waals surface area (Å²) >= 11 is 0. The lowest BCUT2D eigenvalue weighted by Gasteiger charge is -2.10. The van der Waals surface area contributed by atoms with Crippen molar-refractivity contribution in [3.8, 4) is 22.8 Å². The number of carbonyl (C=O) groups is 2. The van der Waals surface area contributed by atoms with Gasteiger partial charge < -0.3 is 14.8 Å². The largest absolute Gasteiger partial charge is 0.454 e. The van der Waals surface area contributed by atoms with E-state index in [1.54, 1.807) is 25.1 Å². The number of carbonyl (C=O) groups excluding carboxylic acids is 2. The summed E-state index contributed by atoms with van der Waals surface area (Å²) in [4.78, 5) is 29.3. The van der Waals surface area contributed by atoms with E-state index in [0.29, 0.717) is 39.7 Å². The van der Waals surface area contributed by atoms with Gasteiger partial charge in [-0.25, -0.2) is 10.4 Å². The van der Waals surface area contributed by atoms with Crippen molar-refractivity contribution in [1.82, 2.24) is 10.4 Å². The normalized spacial score (nSPS) is 12.5. The molecule has 5 rings (SSSR count). The topological polar surface area (TPSA) is 102 Å². The standard InChI is InChI=1S/C27H22N4O4/c1-16(18-6-5-7-20(12-18)28-17(2)32)30-31-27(33)22-14-24(29-23-9-4-3-8-21(22)23)19-10-11-25-26(13-19)35-15-34-25/h3-14H,15H2,1-2H3,(H,28,32)(H,31,33)/b30-16+. The number of ether oxygens (including phenoxy) is 2. The van der Waals surface area contributed by atoms with Gasteiger partial charge in [-0.15, -0.1) is 0 Å². The lowest BCUT2D eigenvalue weighted by molar-refractivity contribution is -0.114. The molecule has 1 aromatic heterocycles. The number of nitrogens with zero attached hydrogens (tertiary/aromatic N) is 2. The van der Waals surface area contributed by atoms with Crippen molar-refractivity contribution < 1.29 is 19.1 Å². The second kappa shape index (κ2) is 9.26. The number of amides is 2. The van der Waals surface area contributed by atoms with Crippen molar-refractivity contribution in [2.45, 2.75) is 13.8 Å². The van der Waals surface area contributed by atoms with Crippen LogP contribution in [0.25, 0.3) is 22.2 Å². The third-order valence-corrected chi connectivity index (χ3v) is 5.56. The molecule has 35 heavy (non-hydrogen) atoms. The van der Waals surface area contributed by atoms with Crippen LogP contribution in [-0.2, 0) is 4.79 Å². The monoisotopic (exact) mass is 466 g/mol. The number of para-hydroxylation sites is 1. The summed E-state index contributed by atoms with van der Waals surface area (Å²) in [6, 6.07) is 22.0. The molecule has 0 spiro atoms. The third-order valence-electron chi connectivity index (χ3n) is 5.56. The Morgan fingerprint density at radius 2 is 1.74 bits per heavy atom. The van der Waals surface area contributed by atoms with Crippen LogP contribution in [0.4, 0.5) is 5.69 Å². The first kappa shape index (κ1) is 22.1. The molecule has 3 aromatic carbocycles. The first-order valence-electron chi connectivity index (χ1n) is 11.0. The van der Waals surface area contributed by atoms with Gasteiger partial charge >= 0.3 is 0 Å². The number of anilines is 1. The molecule has 1 aliphatic rings. The summed E-state index contributed by atoms with van der Waals surface area (Å²) in [6.45, 7) is 3.42. The minimum absolute atomic E-state index is 0.159. The van der Waals surface area contributed by atoms with Gasteiger partial charge in [0.2, 0.25) is 12.7 Å². The molecule has 0 atom stereocenters. The van der Waals surface area contributed by atoms with E-state index in [0.717, 1.165) is 16.5 Å². The molecule has 0 radical (unpaired) electrons. The van der Waals surface area contributed by atoms with E-state index < -0.39 is 0 Å². The van der Waals surface area contributed by atoms with Crippen molar-refractivity contribution in [2.75, 3.05) is 12.1 Å². The molecule has 0 unspecified atom stereocenters. The van der Waals surface area contributed by atoms with Crippen LogP contribution in [0.15, 0.2) is 77.9 Å². The minimum atomic E-state index is -0.358. The van der Waals surface area contributed by atoms with Gasteiger partial charge in [0, 0.05) is 23.6 Å². The lowest BCUT2D eigenvalue weighted by atomic mass is 10.0. The Balaban J connectivity index is 1.46. The molecule has 8 heteroatoms. The lowest BCUT2D eigenvalue weighted by Crippen LogP contribution is -2.20. The van der Waals surface area contributed by atoms with Gasteiger partial charge in [-0.05, 0) is 55.0 Å². The fourth-order valence-corrected chi connectivity index (χ4v) is 3.85. The number of pyridine rings is 1. The number of fused-ring (bicyclic) bond motifs is 2. The van der Waals surface area contributed by atoms with Crippen LogP contribution in [0.3, 0.4) is 0 Å². The minimum Gasteiger partial charge on any atom is -0.454 e. The van der Waals surface area contributed by atoms with Crippen LogP contribution >= 0.6 is 0 Å². The zero-order valence-electron chi connectivity index (χ0n) is 19.2. The fraction of sp³-hybridized carbons (Fsp3) is 0.111. The van der Waals surface area contributed by atoms with Gasteiger partial charge in [-0.1, -0.05) is 30.3 Å². The summed E-state index contributed by atoms with van der Waals surface area (Å²) in [5, 5.41) is 7.76. The summed E-state index contributed by atoms with van der Waals surface area (Å²) in [6.07, 6.45) is 0. The predicted molar refractivity (Wildman–Crippen MR) is 134 cm³/mol. The first-order valence-corrected chi connectivity index (χ1v) is 11.0. The van der Waals surface area contributed by atoms with Gasteiger partial charge in [-0.2, -0.15) is 5.10 Å². The number of nitrogens with one attached hydrogen (secondary N) is 2. The number of hydrogen-bond donors (Lipinski definition) is 2. The average Bonchev–Trinajstić information content (AvgIpc) is 3.34.